The van der Waals surface area contributed by atoms with Crippen molar-refractivity contribution in [1.29, 1.82) is 0 Å². The second kappa shape index (κ2) is 4.58. The molecule has 0 radical (unpaired) electrons. The minimum atomic E-state index is 0.220. The maximum absolute atomic E-state index is 5.96. The zero-order chi connectivity index (χ0) is 9.84. The summed E-state index contributed by atoms with van der Waals surface area (Å²) in [6.07, 6.45) is 1.86. The van der Waals surface area contributed by atoms with Crippen LogP contribution >= 0.6 is 11.6 Å². The van der Waals surface area contributed by atoms with Crippen molar-refractivity contribution in [3.05, 3.63) is 28.5 Å². The molecule has 2 N–H and O–H groups in total. The first-order valence-corrected chi connectivity index (χ1v) is 4.85. The summed E-state index contributed by atoms with van der Waals surface area (Å²) in [5.74, 6) is 0. The largest absolute Gasteiger partial charge is 0.328 e. The van der Waals surface area contributed by atoms with Gasteiger partial charge in [-0.2, -0.15) is 0 Å². The van der Waals surface area contributed by atoms with Crippen molar-refractivity contribution >= 4 is 11.6 Å². The Kier molecular flexibility index (Phi) is 3.70. The van der Waals surface area contributed by atoms with Crippen LogP contribution in [0.2, 0.25) is 5.15 Å². The highest BCUT2D eigenvalue weighted by molar-refractivity contribution is 6.30. The zero-order valence-corrected chi connectivity index (χ0v) is 8.80. The standard InChI is InChI=1S/C10H15ClN2/c1-7(12)3-5-9-6-4-8(2)13-10(9)11/h4,6-7H,3,5,12H2,1-2H3. The van der Waals surface area contributed by atoms with Crippen LogP contribution in [0.4, 0.5) is 0 Å². The monoisotopic (exact) mass is 198 g/mol. The van der Waals surface area contributed by atoms with E-state index in [9.17, 15) is 0 Å². The van der Waals surface area contributed by atoms with E-state index in [2.05, 4.69) is 4.98 Å². The quantitative estimate of drug-likeness (QED) is 0.758. The first kappa shape index (κ1) is 10.5. The predicted octanol–water partition coefficient (Wildman–Crippen LogP) is 2.32. The Morgan fingerprint density at radius 1 is 1.54 bits per heavy atom. The Balaban J connectivity index is 2.67. The van der Waals surface area contributed by atoms with Gasteiger partial charge < -0.3 is 5.73 Å². The fourth-order valence-corrected chi connectivity index (χ4v) is 1.41. The average molecular weight is 199 g/mol. The smallest absolute Gasteiger partial charge is 0.132 e. The van der Waals surface area contributed by atoms with Crippen LogP contribution in [-0.2, 0) is 6.42 Å². The van der Waals surface area contributed by atoms with Gasteiger partial charge in [-0.3, -0.25) is 0 Å². The molecule has 0 aliphatic heterocycles. The fourth-order valence-electron chi connectivity index (χ4n) is 1.12. The average Bonchev–Trinajstić information content (AvgIpc) is 2.02. The fraction of sp³-hybridized carbons (Fsp3) is 0.500. The zero-order valence-electron chi connectivity index (χ0n) is 8.05. The number of hydrogen-bond acceptors (Lipinski definition) is 2. The van der Waals surface area contributed by atoms with Crippen molar-refractivity contribution < 1.29 is 0 Å². The van der Waals surface area contributed by atoms with Gasteiger partial charge in [-0.25, -0.2) is 4.98 Å². The molecule has 0 saturated heterocycles. The molecule has 3 heteroatoms. The summed E-state index contributed by atoms with van der Waals surface area (Å²) in [5.41, 5.74) is 7.70. The van der Waals surface area contributed by atoms with E-state index < -0.39 is 0 Å². The molecule has 0 saturated carbocycles. The summed E-state index contributed by atoms with van der Waals surface area (Å²) < 4.78 is 0. The maximum Gasteiger partial charge on any atom is 0.132 e. The lowest BCUT2D eigenvalue weighted by molar-refractivity contribution is 0.665. The molecule has 1 aromatic rings. The third-order valence-electron chi connectivity index (χ3n) is 1.93. The van der Waals surface area contributed by atoms with Crippen LogP contribution in [0, 0.1) is 6.92 Å². The van der Waals surface area contributed by atoms with Gasteiger partial charge in [-0.1, -0.05) is 17.7 Å². The molecule has 0 bridgehead atoms. The summed E-state index contributed by atoms with van der Waals surface area (Å²) in [4.78, 5) is 4.18. The van der Waals surface area contributed by atoms with Crippen LogP contribution in [0.1, 0.15) is 24.6 Å². The van der Waals surface area contributed by atoms with Gasteiger partial charge in [0, 0.05) is 11.7 Å². The third kappa shape index (κ3) is 3.33. The molecule has 1 aromatic heterocycles. The van der Waals surface area contributed by atoms with Crippen LogP contribution in [0.25, 0.3) is 0 Å². The number of nitrogens with two attached hydrogens (primary N) is 1. The van der Waals surface area contributed by atoms with Gasteiger partial charge in [-0.05, 0) is 38.3 Å². The second-order valence-corrected chi connectivity index (χ2v) is 3.78. The van der Waals surface area contributed by atoms with Crippen LogP contribution in [0.3, 0.4) is 0 Å². The van der Waals surface area contributed by atoms with Gasteiger partial charge in [0.2, 0.25) is 0 Å². The van der Waals surface area contributed by atoms with Crippen molar-refractivity contribution in [1.82, 2.24) is 4.98 Å². The molecule has 1 atom stereocenters. The van der Waals surface area contributed by atoms with Crippen molar-refractivity contribution in [2.75, 3.05) is 0 Å². The highest BCUT2D eigenvalue weighted by Gasteiger charge is 2.02. The Morgan fingerprint density at radius 3 is 2.77 bits per heavy atom. The van der Waals surface area contributed by atoms with Gasteiger partial charge in [0.1, 0.15) is 5.15 Å². The predicted molar refractivity (Wildman–Crippen MR) is 56.0 cm³/mol. The number of rotatable bonds is 3. The number of aromatic nitrogens is 1. The minimum absolute atomic E-state index is 0.220. The van der Waals surface area contributed by atoms with Gasteiger partial charge in [-0.15, -0.1) is 0 Å². The van der Waals surface area contributed by atoms with E-state index in [0.29, 0.717) is 5.15 Å². The van der Waals surface area contributed by atoms with Crippen molar-refractivity contribution in [3.63, 3.8) is 0 Å². The summed E-state index contributed by atoms with van der Waals surface area (Å²) in [6.45, 7) is 3.93. The van der Waals surface area contributed by atoms with Crippen LogP contribution in [-0.4, -0.2) is 11.0 Å². The maximum atomic E-state index is 5.96. The van der Waals surface area contributed by atoms with Gasteiger partial charge in [0.25, 0.3) is 0 Å². The summed E-state index contributed by atoms with van der Waals surface area (Å²) in [5, 5.41) is 0.612. The number of halogens is 1. The molecule has 0 fully saturated rings. The molecule has 1 heterocycles. The van der Waals surface area contributed by atoms with E-state index in [0.717, 1.165) is 24.1 Å². The Labute approximate surface area is 84.1 Å². The second-order valence-electron chi connectivity index (χ2n) is 3.42. The van der Waals surface area contributed by atoms with Crippen LogP contribution in [0.5, 0.6) is 0 Å². The van der Waals surface area contributed by atoms with Crippen molar-refractivity contribution in [3.8, 4) is 0 Å². The van der Waals surface area contributed by atoms with Crippen molar-refractivity contribution in [2.45, 2.75) is 32.7 Å². The Morgan fingerprint density at radius 2 is 2.23 bits per heavy atom. The molecular formula is C10H15ClN2. The lowest BCUT2D eigenvalue weighted by Gasteiger charge is -2.06. The molecule has 0 spiro atoms. The SMILES string of the molecule is Cc1ccc(CCC(C)N)c(Cl)n1. The number of hydrogen-bond donors (Lipinski definition) is 1. The van der Waals surface area contributed by atoms with E-state index in [1.165, 1.54) is 0 Å². The summed E-state index contributed by atoms with van der Waals surface area (Å²) >= 11 is 5.96. The number of nitrogens with zero attached hydrogens (tertiary/aromatic N) is 1. The normalized spacial score (nSPS) is 12.9. The highest BCUT2D eigenvalue weighted by Crippen LogP contribution is 2.15. The van der Waals surface area contributed by atoms with E-state index >= 15 is 0 Å². The molecule has 0 amide bonds. The van der Waals surface area contributed by atoms with E-state index in [4.69, 9.17) is 17.3 Å². The Bertz CT molecular complexity index is 284. The first-order chi connectivity index (χ1) is 6.09. The topological polar surface area (TPSA) is 38.9 Å². The minimum Gasteiger partial charge on any atom is -0.328 e. The molecule has 72 valence electrons. The molecule has 13 heavy (non-hydrogen) atoms. The van der Waals surface area contributed by atoms with E-state index in [-0.39, 0.29) is 6.04 Å². The van der Waals surface area contributed by atoms with Gasteiger partial charge in [0.15, 0.2) is 0 Å². The first-order valence-electron chi connectivity index (χ1n) is 4.47. The Hall–Kier alpha value is -0.600. The third-order valence-corrected chi connectivity index (χ3v) is 2.26. The van der Waals surface area contributed by atoms with Gasteiger partial charge in [0.05, 0.1) is 0 Å². The number of aryl methyl sites for hydroxylation is 2. The lowest BCUT2D eigenvalue weighted by atomic mass is 10.1. The van der Waals surface area contributed by atoms with Gasteiger partial charge >= 0.3 is 0 Å². The van der Waals surface area contributed by atoms with Crippen molar-refractivity contribution in [2.24, 2.45) is 5.73 Å². The highest BCUT2D eigenvalue weighted by atomic mass is 35.5. The van der Waals surface area contributed by atoms with Crippen LogP contribution < -0.4 is 5.73 Å². The molecule has 2 nitrogen and oxygen atoms in total. The van der Waals surface area contributed by atoms with E-state index in [1.54, 1.807) is 0 Å². The molecule has 0 aromatic carbocycles. The van der Waals surface area contributed by atoms with Crippen LogP contribution in [0.15, 0.2) is 12.1 Å². The molecule has 1 rings (SSSR count). The molecule has 0 aliphatic carbocycles. The summed E-state index contributed by atoms with van der Waals surface area (Å²) in [6, 6.07) is 4.22. The molecule has 1 unspecified atom stereocenters. The molecular weight excluding hydrogens is 184 g/mol. The summed E-state index contributed by atoms with van der Waals surface area (Å²) in [7, 11) is 0. The lowest BCUT2D eigenvalue weighted by Crippen LogP contribution is -2.15. The van der Waals surface area contributed by atoms with E-state index in [1.807, 2.05) is 26.0 Å². The molecule has 0 aliphatic rings. The number of pyridine rings is 1.